The molecule has 0 aromatic heterocycles. The molecule has 2 rings (SSSR count). The molecular weight excluding hydrogens is 249 g/mol. The summed E-state index contributed by atoms with van der Waals surface area (Å²) in [7, 11) is 2.02. The van der Waals surface area contributed by atoms with E-state index in [1.807, 2.05) is 20.0 Å². The lowest BCUT2D eigenvalue weighted by molar-refractivity contribution is 0.161. The fourth-order valence-electron chi connectivity index (χ4n) is 4.12. The van der Waals surface area contributed by atoms with Crippen LogP contribution in [-0.4, -0.2) is 7.05 Å². The van der Waals surface area contributed by atoms with Gasteiger partial charge in [0.1, 0.15) is 5.82 Å². The molecule has 1 unspecified atom stereocenters. The first-order valence-corrected chi connectivity index (χ1v) is 7.92. The lowest BCUT2D eigenvalue weighted by Crippen LogP contribution is -2.36. The number of rotatable bonds is 5. The smallest absolute Gasteiger partial charge is 0.126 e. The highest BCUT2D eigenvalue weighted by molar-refractivity contribution is 5.27. The standard InChI is InChI=1S/C18H28FN/c1-13(2)12-18(9-5-6-10-18)17(20-4)15-8-7-14(3)16(19)11-15/h7-8,11,13,17,20H,5-6,9-10,12H2,1-4H3. The maximum Gasteiger partial charge on any atom is 0.126 e. The summed E-state index contributed by atoms with van der Waals surface area (Å²) in [5.41, 5.74) is 2.14. The molecule has 1 aromatic carbocycles. The minimum Gasteiger partial charge on any atom is -0.313 e. The van der Waals surface area contributed by atoms with Crippen LogP contribution in [0.5, 0.6) is 0 Å². The number of hydrogen-bond donors (Lipinski definition) is 1. The molecule has 20 heavy (non-hydrogen) atoms. The predicted molar refractivity (Wildman–Crippen MR) is 83.3 cm³/mol. The van der Waals surface area contributed by atoms with Gasteiger partial charge in [-0.2, -0.15) is 0 Å². The molecule has 0 bridgehead atoms. The van der Waals surface area contributed by atoms with Crippen LogP contribution in [0.15, 0.2) is 18.2 Å². The summed E-state index contributed by atoms with van der Waals surface area (Å²) < 4.78 is 13.9. The van der Waals surface area contributed by atoms with Crippen molar-refractivity contribution in [2.45, 2.75) is 58.9 Å². The van der Waals surface area contributed by atoms with Gasteiger partial charge < -0.3 is 5.32 Å². The Kier molecular flexibility index (Phi) is 4.85. The van der Waals surface area contributed by atoms with Crippen LogP contribution in [0.4, 0.5) is 4.39 Å². The van der Waals surface area contributed by atoms with E-state index < -0.39 is 0 Å². The first-order valence-electron chi connectivity index (χ1n) is 7.92. The molecule has 0 radical (unpaired) electrons. The van der Waals surface area contributed by atoms with Gasteiger partial charge in [0.15, 0.2) is 0 Å². The normalized spacial score (nSPS) is 19.5. The molecule has 1 saturated carbocycles. The van der Waals surface area contributed by atoms with Gasteiger partial charge in [0.2, 0.25) is 0 Å². The number of benzene rings is 1. The van der Waals surface area contributed by atoms with E-state index in [4.69, 9.17) is 0 Å². The highest BCUT2D eigenvalue weighted by Gasteiger charge is 2.41. The minimum absolute atomic E-state index is 0.0829. The maximum atomic E-state index is 13.9. The summed E-state index contributed by atoms with van der Waals surface area (Å²) in [6.45, 7) is 6.41. The second kappa shape index (κ2) is 6.26. The Hall–Kier alpha value is -0.890. The van der Waals surface area contributed by atoms with Crippen molar-refractivity contribution in [3.8, 4) is 0 Å². The Labute approximate surface area is 123 Å². The van der Waals surface area contributed by atoms with Crippen molar-refractivity contribution in [1.82, 2.24) is 5.32 Å². The molecule has 1 aliphatic rings. The molecule has 1 aliphatic carbocycles. The van der Waals surface area contributed by atoms with Gasteiger partial charge in [-0.05, 0) is 61.8 Å². The molecule has 1 nitrogen and oxygen atoms in total. The maximum absolute atomic E-state index is 13.9. The number of hydrogen-bond acceptors (Lipinski definition) is 1. The van der Waals surface area contributed by atoms with Crippen molar-refractivity contribution in [1.29, 1.82) is 0 Å². The van der Waals surface area contributed by atoms with E-state index in [1.165, 1.54) is 32.1 Å². The topological polar surface area (TPSA) is 12.0 Å². The third kappa shape index (κ3) is 3.06. The van der Waals surface area contributed by atoms with Crippen LogP contribution in [0, 0.1) is 24.1 Å². The summed E-state index contributed by atoms with van der Waals surface area (Å²) in [6.07, 6.45) is 6.34. The van der Waals surface area contributed by atoms with Gasteiger partial charge in [-0.25, -0.2) is 4.39 Å². The van der Waals surface area contributed by atoms with Crippen LogP contribution in [0.25, 0.3) is 0 Å². The number of nitrogens with one attached hydrogen (secondary N) is 1. The minimum atomic E-state index is -0.0829. The third-order valence-corrected chi connectivity index (χ3v) is 4.84. The van der Waals surface area contributed by atoms with E-state index in [-0.39, 0.29) is 11.9 Å². The van der Waals surface area contributed by atoms with Crippen molar-refractivity contribution in [3.05, 3.63) is 35.1 Å². The summed E-state index contributed by atoms with van der Waals surface area (Å²) >= 11 is 0. The molecule has 1 aromatic rings. The quantitative estimate of drug-likeness (QED) is 0.798. The van der Waals surface area contributed by atoms with E-state index in [2.05, 4.69) is 25.2 Å². The fraction of sp³-hybridized carbons (Fsp3) is 0.667. The molecule has 1 fully saturated rings. The van der Waals surface area contributed by atoms with E-state index in [9.17, 15) is 4.39 Å². The monoisotopic (exact) mass is 277 g/mol. The SMILES string of the molecule is CNC(c1ccc(C)c(F)c1)C1(CC(C)C)CCCC1. The molecule has 0 aliphatic heterocycles. The molecule has 2 heteroatoms. The van der Waals surface area contributed by atoms with Gasteiger partial charge in [0, 0.05) is 6.04 Å². The Morgan fingerprint density at radius 3 is 2.40 bits per heavy atom. The van der Waals surface area contributed by atoms with Gasteiger partial charge in [-0.15, -0.1) is 0 Å². The first-order chi connectivity index (χ1) is 9.48. The summed E-state index contributed by atoms with van der Waals surface area (Å²) in [5, 5.41) is 3.49. The second-order valence-electron chi connectivity index (χ2n) is 6.90. The number of aryl methyl sites for hydroxylation is 1. The molecule has 0 saturated heterocycles. The number of halogens is 1. The van der Waals surface area contributed by atoms with Crippen molar-refractivity contribution in [2.75, 3.05) is 7.05 Å². The third-order valence-electron chi connectivity index (χ3n) is 4.84. The van der Waals surface area contributed by atoms with Gasteiger partial charge in [0.05, 0.1) is 0 Å². The summed E-state index contributed by atoms with van der Waals surface area (Å²) in [5.74, 6) is 0.597. The lowest BCUT2D eigenvalue weighted by Gasteiger charge is -2.39. The zero-order chi connectivity index (χ0) is 14.8. The van der Waals surface area contributed by atoms with Gasteiger partial charge in [0.25, 0.3) is 0 Å². The van der Waals surface area contributed by atoms with Crippen LogP contribution < -0.4 is 5.32 Å². The average Bonchev–Trinajstić information content (AvgIpc) is 2.83. The fourth-order valence-corrected chi connectivity index (χ4v) is 4.12. The second-order valence-corrected chi connectivity index (χ2v) is 6.90. The van der Waals surface area contributed by atoms with Gasteiger partial charge in [-0.1, -0.05) is 38.8 Å². The van der Waals surface area contributed by atoms with Gasteiger partial charge >= 0.3 is 0 Å². The highest BCUT2D eigenvalue weighted by Crippen LogP contribution is 2.51. The van der Waals surface area contributed by atoms with Crippen LogP contribution in [-0.2, 0) is 0 Å². The highest BCUT2D eigenvalue weighted by atomic mass is 19.1. The molecule has 0 heterocycles. The van der Waals surface area contributed by atoms with Crippen LogP contribution in [0.3, 0.4) is 0 Å². The molecule has 0 amide bonds. The summed E-state index contributed by atoms with van der Waals surface area (Å²) in [4.78, 5) is 0. The molecule has 1 N–H and O–H groups in total. The zero-order valence-corrected chi connectivity index (χ0v) is 13.3. The molecular formula is C18H28FN. The molecule has 0 spiro atoms. The van der Waals surface area contributed by atoms with Crippen LogP contribution >= 0.6 is 0 Å². The summed E-state index contributed by atoms with van der Waals surface area (Å²) in [6, 6.07) is 6.01. The van der Waals surface area contributed by atoms with Crippen molar-refractivity contribution >= 4 is 0 Å². The van der Waals surface area contributed by atoms with E-state index in [0.29, 0.717) is 11.3 Å². The van der Waals surface area contributed by atoms with Crippen molar-refractivity contribution in [2.24, 2.45) is 11.3 Å². The zero-order valence-electron chi connectivity index (χ0n) is 13.3. The van der Waals surface area contributed by atoms with E-state index >= 15 is 0 Å². The Morgan fingerprint density at radius 2 is 1.90 bits per heavy atom. The Balaban J connectivity index is 2.35. The Morgan fingerprint density at radius 1 is 1.25 bits per heavy atom. The van der Waals surface area contributed by atoms with Crippen molar-refractivity contribution in [3.63, 3.8) is 0 Å². The lowest BCUT2D eigenvalue weighted by atomic mass is 9.70. The predicted octanol–water partition coefficient (Wildman–Crippen LogP) is 5.00. The average molecular weight is 277 g/mol. The van der Waals surface area contributed by atoms with Crippen LogP contribution in [0.1, 0.15) is 63.1 Å². The van der Waals surface area contributed by atoms with Gasteiger partial charge in [-0.3, -0.25) is 0 Å². The van der Waals surface area contributed by atoms with Crippen LogP contribution in [0.2, 0.25) is 0 Å². The Bertz CT molecular complexity index is 447. The molecule has 1 atom stereocenters. The largest absolute Gasteiger partial charge is 0.313 e. The first kappa shape index (κ1) is 15.5. The molecule has 112 valence electrons. The van der Waals surface area contributed by atoms with Crippen molar-refractivity contribution < 1.29 is 4.39 Å². The van der Waals surface area contributed by atoms with E-state index in [0.717, 1.165) is 11.1 Å². The van der Waals surface area contributed by atoms with E-state index in [1.54, 1.807) is 6.07 Å².